The second-order valence-electron chi connectivity index (χ2n) is 3.27. The molecule has 0 nitrogen and oxygen atoms in total. The van der Waals surface area contributed by atoms with Crippen LogP contribution in [0.3, 0.4) is 0 Å². The van der Waals surface area contributed by atoms with Gasteiger partial charge in [-0.1, -0.05) is 88.7 Å². The van der Waals surface area contributed by atoms with E-state index < -0.39 is 7.59 Å². The fourth-order valence-electron chi connectivity index (χ4n) is 1.22. The van der Waals surface area contributed by atoms with Gasteiger partial charge >= 0.3 is 0 Å². The fourth-order valence-corrected chi connectivity index (χ4v) is 1.88. The van der Waals surface area contributed by atoms with Crippen LogP contribution in [0.2, 0.25) is 0 Å². The quantitative estimate of drug-likeness (QED) is 0.558. The first kappa shape index (κ1) is 15.0. The van der Waals surface area contributed by atoms with Gasteiger partial charge in [-0.25, -0.2) is 0 Å². The highest BCUT2D eigenvalue weighted by Crippen LogP contribution is 2.43. The highest BCUT2D eigenvalue weighted by molar-refractivity contribution is 6.67. The van der Waals surface area contributed by atoms with E-state index in [1.54, 1.807) is 18.2 Å². The molecule has 0 amide bonds. The lowest BCUT2D eigenvalue weighted by atomic mass is 10.1. The van der Waals surface area contributed by atoms with Crippen LogP contribution in [-0.4, -0.2) is 0 Å². The second kappa shape index (κ2) is 5.30. The number of aryl methyl sites for hydroxylation is 1. The van der Waals surface area contributed by atoms with E-state index >= 15 is 0 Å². The largest absolute Gasteiger partial charge is 0.216 e. The maximum Gasteiger partial charge on any atom is 0.216 e. The van der Waals surface area contributed by atoms with E-state index in [-0.39, 0.29) is 0 Å². The number of halogens is 6. The van der Waals surface area contributed by atoms with Crippen molar-refractivity contribution in [3.8, 4) is 0 Å². The van der Waals surface area contributed by atoms with Crippen molar-refractivity contribution in [2.24, 2.45) is 0 Å². The van der Waals surface area contributed by atoms with Gasteiger partial charge in [0.15, 0.2) is 0 Å². The average Bonchev–Trinajstić information content (AvgIpc) is 2.14. The first-order chi connectivity index (χ1) is 7.14. The van der Waals surface area contributed by atoms with Gasteiger partial charge in [-0.3, -0.25) is 0 Å². The van der Waals surface area contributed by atoms with Crippen LogP contribution in [0, 0.1) is 0 Å². The molecule has 0 atom stereocenters. The van der Waals surface area contributed by atoms with Gasteiger partial charge in [0.05, 0.1) is 0 Å². The normalized spacial score (nSPS) is 12.9. The average molecular weight is 341 g/mol. The number of benzene rings is 1. The van der Waals surface area contributed by atoms with Crippen LogP contribution in [0.1, 0.15) is 23.6 Å². The number of alkyl halides is 6. The Morgan fingerprint density at radius 1 is 0.812 bits per heavy atom. The van der Waals surface area contributed by atoms with Crippen LogP contribution in [0.15, 0.2) is 18.2 Å². The van der Waals surface area contributed by atoms with E-state index in [9.17, 15) is 0 Å². The predicted octanol–water partition coefficient (Wildman–Crippen LogP) is 5.90. The predicted molar refractivity (Wildman–Crippen MR) is 74.3 cm³/mol. The van der Waals surface area contributed by atoms with Crippen LogP contribution in [0.25, 0.3) is 0 Å². The SMILES string of the molecule is CCc1cc(C(Cl)(Cl)Cl)cc(C(Cl)(Cl)Cl)c1. The Morgan fingerprint density at radius 2 is 1.19 bits per heavy atom. The van der Waals surface area contributed by atoms with Gasteiger partial charge in [0.1, 0.15) is 0 Å². The molecule has 0 heterocycles. The van der Waals surface area contributed by atoms with Crippen molar-refractivity contribution >= 4 is 69.6 Å². The Hall–Kier alpha value is 0.960. The molecular weight excluding hydrogens is 333 g/mol. The van der Waals surface area contributed by atoms with Crippen molar-refractivity contribution < 1.29 is 0 Å². The lowest BCUT2D eigenvalue weighted by molar-refractivity contribution is 1.08. The summed E-state index contributed by atoms with van der Waals surface area (Å²) < 4.78 is -3.04. The van der Waals surface area contributed by atoms with E-state index in [1.807, 2.05) is 6.92 Å². The summed E-state index contributed by atoms with van der Waals surface area (Å²) in [6.07, 6.45) is 0.766. The number of hydrogen-bond donors (Lipinski definition) is 0. The standard InChI is InChI=1S/C10H8Cl6/c1-2-6-3-7(9(11,12)13)5-8(4-6)10(14,15)16/h3-5H,2H2,1H3. The lowest BCUT2D eigenvalue weighted by Gasteiger charge is -2.18. The van der Waals surface area contributed by atoms with E-state index in [1.165, 1.54) is 0 Å². The number of hydrogen-bond acceptors (Lipinski definition) is 0. The summed E-state index contributed by atoms with van der Waals surface area (Å²) >= 11 is 34.9. The minimum atomic E-state index is -1.52. The molecule has 0 saturated carbocycles. The lowest BCUT2D eigenvalue weighted by Crippen LogP contribution is -2.07. The first-order valence-electron chi connectivity index (χ1n) is 4.43. The monoisotopic (exact) mass is 338 g/mol. The second-order valence-corrected chi connectivity index (χ2v) is 7.83. The molecule has 0 N–H and O–H groups in total. The minimum Gasteiger partial charge on any atom is -0.0784 e. The summed E-state index contributed by atoms with van der Waals surface area (Å²) in [6.45, 7) is 1.97. The zero-order chi connectivity index (χ0) is 12.6. The molecule has 16 heavy (non-hydrogen) atoms. The summed E-state index contributed by atoms with van der Waals surface area (Å²) in [5, 5.41) is 0. The molecule has 0 fully saturated rings. The molecule has 0 aliphatic carbocycles. The summed E-state index contributed by atoms with van der Waals surface area (Å²) in [7, 11) is 0. The van der Waals surface area contributed by atoms with E-state index in [0.29, 0.717) is 11.1 Å². The molecule has 0 aromatic heterocycles. The molecule has 0 aliphatic rings. The van der Waals surface area contributed by atoms with Crippen LogP contribution < -0.4 is 0 Å². The molecule has 0 aliphatic heterocycles. The van der Waals surface area contributed by atoms with Gasteiger partial charge in [0.25, 0.3) is 0 Å². The third-order valence-corrected chi connectivity index (χ3v) is 3.37. The van der Waals surface area contributed by atoms with Crippen LogP contribution in [0.5, 0.6) is 0 Å². The van der Waals surface area contributed by atoms with Crippen LogP contribution in [0.4, 0.5) is 0 Å². The third-order valence-electron chi connectivity index (χ3n) is 2.06. The Kier molecular flexibility index (Phi) is 4.98. The smallest absolute Gasteiger partial charge is 0.0784 e. The highest BCUT2D eigenvalue weighted by Gasteiger charge is 2.28. The van der Waals surface area contributed by atoms with Gasteiger partial charge in [-0.2, -0.15) is 0 Å². The molecule has 0 bridgehead atoms. The summed E-state index contributed by atoms with van der Waals surface area (Å²) in [4.78, 5) is 0. The van der Waals surface area contributed by atoms with Crippen LogP contribution in [-0.2, 0) is 14.0 Å². The van der Waals surface area contributed by atoms with Crippen LogP contribution >= 0.6 is 69.6 Å². The maximum atomic E-state index is 5.81. The molecule has 0 unspecified atom stereocenters. The summed E-state index contributed by atoms with van der Waals surface area (Å²) in [5.41, 5.74) is 1.95. The maximum absolute atomic E-state index is 5.81. The number of rotatable bonds is 1. The molecule has 1 aromatic carbocycles. The molecule has 0 spiro atoms. The highest BCUT2D eigenvalue weighted by atomic mass is 35.6. The summed E-state index contributed by atoms with van der Waals surface area (Å²) in [5.74, 6) is 0. The first-order valence-corrected chi connectivity index (χ1v) is 6.69. The van der Waals surface area contributed by atoms with E-state index in [0.717, 1.165) is 12.0 Å². The molecule has 1 rings (SSSR count). The van der Waals surface area contributed by atoms with Crippen molar-refractivity contribution in [1.82, 2.24) is 0 Å². The van der Waals surface area contributed by atoms with E-state index in [2.05, 4.69) is 0 Å². The van der Waals surface area contributed by atoms with Crippen molar-refractivity contribution in [1.29, 1.82) is 0 Å². The summed E-state index contributed by atoms with van der Waals surface area (Å²) in [6, 6.07) is 5.15. The van der Waals surface area contributed by atoms with Gasteiger partial charge in [-0.05, 0) is 18.1 Å². The van der Waals surface area contributed by atoms with Gasteiger partial charge in [-0.15, -0.1) is 0 Å². The Bertz CT molecular complexity index is 342. The van der Waals surface area contributed by atoms with Gasteiger partial charge < -0.3 is 0 Å². The minimum absolute atomic E-state index is 0.498. The zero-order valence-electron chi connectivity index (χ0n) is 8.21. The van der Waals surface area contributed by atoms with Gasteiger partial charge in [0.2, 0.25) is 7.59 Å². The van der Waals surface area contributed by atoms with Crippen molar-refractivity contribution in [3.05, 3.63) is 34.9 Å². The zero-order valence-corrected chi connectivity index (χ0v) is 12.7. The van der Waals surface area contributed by atoms with Crippen molar-refractivity contribution in [2.75, 3.05) is 0 Å². The molecular formula is C10H8Cl6. The Balaban J connectivity index is 3.33. The molecule has 0 radical (unpaired) electrons. The fraction of sp³-hybridized carbons (Fsp3) is 0.400. The third kappa shape index (κ3) is 4.01. The molecule has 6 heteroatoms. The molecule has 90 valence electrons. The molecule has 1 aromatic rings. The van der Waals surface area contributed by atoms with Crippen molar-refractivity contribution in [2.45, 2.75) is 20.9 Å². The van der Waals surface area contributed by atoms with E-state index in [4.69, 9.17) is 69.6 Å². The Labute approximate surface area is 125 Å². The Morgan fingerprint density at radius 3 is 1.44 bits per heavy atom. The van der Waals surface area contributed by atoms with Gasteiger partial charge in [0, 0.05) is 11.1 Å². The molecule has 0 saturated heterocycles. The van der Waals surface area contributed by atoms with Crippen molar-refractivity contribution in [3.63, 3.8) is 0 Å². The topological polar surface area (TPSA) is 0 Å².